The minimum absolute atomic E-state index is 0.0301. The van der Waals surface area contributed by atoms with E-state index in [4.69, 9.17) is 4.74 Å². The number of hydrogen-bond acceptors (Lipinski definition) is 7. The highest BCUT2D eigenvalue weighted by atomic mass is 19.1. The lowest BCUT2D eigenvalue weighted by molar-refractivity contribution is -0.111. The number of aryl methyl sites for hydroxylation is 1. The number of nitrogens with zero attached hydrogens (tertiary/aromatic N) is 4. The maximum Gasteiger partial charge on any atom is 0.247 e. The van der Waals surface area contributed by atoms with Gasteiger partial charge in [-0.05, 0) is 42.0 Å². The van der Waals surface area contributed by atoms with Crippen LogP contribution in [0.25, 0.3) is 11.1 Å². The number of nitrogens with one attached hydrogen (secondary N) is 3. The van der Waals surface area contributed by atoms with Gasteiger partial charge in [0.25, 0.3) is 0 Å². The molecule has 0 saturated heterocycles. The Labute approximate surface area is 199 Å². The van der Waals surface area contributed by atoms with Crippen LogP contribution in [0.5, 0.6) is 5.75 Å². The van der Waals surface area contributed by atoms with Gasteiger partial charge >= 0.3 is 0 Å². The Morgan fingerprint density at radius 1 is 1.11 bits per heavy atom. The number of hydrogen-bond donors (Lipinski definition) is 3. The van der Waals surface area contributed by atoms with Crippen LogP contribution in [0.1, 0.15) is 0 Å². The van der Waals surface area contributed by atoms with Gasteiger partial charge in [-0.15, -0.1) is 0 Å². The van der Waals surface area contributed by atoms with Crippen LogP contribution in [0.15, 0.2) is 67.6 Å². The molecule has 3 N–H and O–H groups in total. The molecule has 4 rings (SSSR count). The van der Waals surface area contributed by atoms with E-state index in [0.29, 0.717) is 28.3 Å². The van der Waals surface area contributed by atoms with Gasteiger partial charge in [0.1, 0.15) is 23.2 Å². The first-order valence-electron chi connectivity index (χ1n) is 10.3. The second-order valence-corrected chi connectivity index (χ2v) is 7.38. The molecule has 0 aliphatic carbocycles. The van der Waals surface area contributed by atoms with Gasteiger partial charge in [0.2, 0.25) is 11.9 Å². The van der Waals surface area contributed by atoms with E-state index in [9.17, 15) is 13.6 Å². The van der Waals surface area contributed by atoms with Crippen molar-refractivity contribution in [2.24, 2.45) is 7.05 Å². The van der Waals surface area contributed by atoms with Gasteiger partial charge in [-0.1, -0.05) is 6.58 Å². The van der Waals surface area contributed by atoms with Crippen molar-refractivity contribution < 1.29 is 18.3 Å². The Balaban J connectivity index is 1.77. The minimum atomic E-state index is -0.593. The van der Waals surface area contributed by atoms with Crippen LogP contribution in [-0.2, 0) is 11.8 Å². The largest absolute Gasteiger partial charge is 0.497 e. The first kappa shape index (κ1) is 23.4. The molecule has 178 valence electrons. The molecule has 2 aromatic carbocycles. The van der Waals surface area contributed by atoms with Gasteiger partial charge in [-0.25, -0.2) is 13.8 Å². The Morgan fingerprint density at radius 2 is 1.94 bits per heavy atom. The van der Waals surface area contributed by atoms with E-state index in [2.05, 4.69) is 37.6 Å². The number of amides is 1. The number of rotatable bonds is 8. The maximum absolute atomic E-state index is 14.7. The number of methoxy groups -OCH3 is 1. The first-order chi connectivity index (χ1) is 16.8. The molecule has 2 heterocycles. The normalized spacial score (nSPS) is 10.5. The fraction of sp³-hybridized carbons (Fsp3) is 0.0833. The van der Waals surface area contributed by atoms with Crippen LogP contribution >= 0.6 is 0 Å². The summed E-state index contributed by atoms with van der Waals surface area (Å²) < 4.78 is 35.7. The summed E-state index contributed by atoms with van der Waals surface area (Å²) in [6.07, 6.45) is 5.90. The molecule has 2 aromatic heterocycles. The Bertz CT molecular complexity index is 1400. The van der Waals surface area contributed by atoms with E-state index in [1.165, 1.54) is 43.6 Å². The third-order valence-electron chi connectivity index (χ3n) is 4.84. The average Bonchev–Trinajstić information content (AvgIpc) is 3.25. The van der Waals surface area contributed by atoms with Crippen LogP contribution in [0.3, 0.4) is 0 Å². The molecule has 0 fully saturated rings. The lowest BCUT2D eigenvalue weighted by Gasteiger charge is -2.15. The van der Waals surface area contributed by atoms with Crippen molar-refractivity contribution in [3.05, 3.63) is 79.3 Å². The zero-order chi connectivity index (χ0) is 24.9. The van der Waals surface area contributed by atoms with Gasteiger partial charge < -0.3 is 20.7 Å². The molecule has 9 nitrogen and oxygen atoms in total. The molecule has 0 aliphatic rings. The SMILES string of the molecule is C=CC(=O)Nc1ccc(F)c(Nc2nc(Nc3cnn(C)c3)ncc2-c2cc(F)cc(OC)c2)c1. The van der Waals surface area contributed by atoms with Crippen molar-refractivity contribution in [3.63, 3.8) is 0 Å². The van der Waals surface area contributed by atoms with Crippen LogP contribution < -0.4 is 20.7 Å². The highest BCUT2D eigenvalue weighted by Gasteiger charge is 2.15. The number of halogens is 2. The minimum Gasteiger partial charge on any atom is -0.497 e. The molecular formula is C24H21F2N7O2. The predicted octanol–water partition coefficient (Wildman–Crippen LogP) is 4.78. The molecule has 0 unspecified atom stereocenters. The molecule has 0 atom stereocenters. The molecule has 35 heavy (non-hydrogen) atoms. The monoisotopic (exact) mass is 477 g/mol. The smallest absolute Gasteiger partial charge is 0.247 e. The summed E-state index contributed by atoms with van der Waals surface area (Å²) in [4.78, 5) is 20.5. The number of aromatic nitrogens is 4. The second-order valence-electron chi connectivity index (χ2n) is 7.38. The third kappa shape index (κ3) is 5.58. The fourth-order valence-corrected chi connectivity index (χ4v) is 3.22. The number of benzene rings is 2. The topological polar surface area (TPSA) is 106 Å². The van der Waals surface area contributed by atoms with Crippen molar-refractivity contribution in [1.82, 2.24) is 19.7 Å². The summed E-state index contributed by atoms with van der Waals surface area (Å²) >= 11 is 0. The molecule has 0 radical (unpaired) electrons. The summed E-state index contributed by atoms with van der Waals surface area (Å²) in [5, 5.41) is 12.6. The maximum atomic E-state index is 14.7. The van der Waals surface area contributed by atoms with Crippen LogP contribution in [0, 0.1) is 11.6 Å². The summed E-state index contributed by atoms with van der Waals surface area (Å²) in [6, 6.07) is 8.15. The molecule has 4 aromatic rings. The predicted molar refractivity (Wildman–Crippen MR) is 129 cm³/mol. The van der Waals surface area contributed by atoms with Crippen molar-refractivity contribution in [2.75, 3.05) is 23.1 Å². The summed E-state index contributed by atoms with van der Waals surface area (Å²) in [5.74, 6) is -0.883. The van der Waals surface area contributed by atoms with Crippen LogP contribution in [0.4, 0.5) is 37.6 Å². The average molecular weight is 477 g/mol. The zero-order valence-corrected chi connectivity index (χ0v) is 18.8. The van der Waals surface area contributed by atoms with Gasteiger partial charge in [0.05, 0.1) is 24.7 Å². The molecule has 0 spiro atoms. The van der Waals surface area contributed by atoms with Crippen LogP contribution in [0.2, 0.25) is 0 Å². The lowest BCUT2D eigenvalue weighted by atomic mass is 10.1. The zero-order valence-electron chi connectivity index (χ0n) is 18.8. The van der Waals surface area contributed by atoms with E-state index in [-0.39, 0.29) is 17.5 Å². The summed E-state index contributed by atoms with van der Waals surface area (Å²) in [6.45, 7) is 3.40. The van der Waals surface area contributed by atoms with Crippen molar-refractivity contribution in [1.29, 1.82) is 0 Å². The lowest BCUT2D eigenvalue weighted by Crippen LogP contribution is -2.08. The molecule has 0 aliphatic heterocycles. The van der Waals surface area contributed by atoms with E-state index in [0.717, 1.165) is 6.08 Å². The standard InChI is InChI=1S/C24H21F2N7O2/c1-4-22(34)29-16-5-6-20(26)21(10-16)31-23-19(14-7-15(25)9-18(8-14)35-3)12-27-24(32-23)30-17-11-28-33(2)13-17/h4-13H,1H2,2-3H3,(H,29,34)(H2,27,30,31,32). The molecule has 11 heteroatoms. The Kier molecular flexibility index (Phi) is 6.67. The highest BCUT2D eigenvalue weighted by molar-refractivity contribution is 5.99. The van der Waals surface area contributed by atoms with Gasteiger partial charge in [-0.3, -0.25) is 9.48 Å². The van der Waals surface area contributed by atoms with E-state index < -0.39 is 17.5 Å². The molecule has 1 amide bonds. The third-order valence-corrected chi connectivity index (χ3v) is 4.84. The summed E-state index contributed by atoms with van der Waals surface area (Å²) in [5.41, 5.74) is 1.81. The van der Waals surface area contributed by atoms with Crippen molar-refractivity contribution in [3.8, 4) is 16.9 Å². The Hall–Kier alpha value is -4.80. The van der Waals surface area contributed by atoms with Gasteiger partial charge in [0, 0.05) is 36.8 Å². The second kappa shape index (κ2) is 10.00. The molecular weight excluding hydrogens is 456 g/mol. The number of anilines is 5. The van der Waals surface area contributed by atoms with Crippen molar-refractivity contribution in [2.45, 2.75) is 0 Å². The van der Waals surface area contributed by atoms with Crippen molar-refractivity contribution >= 4 is 34.7 Å². The van der Waals surface area contributed by atoms with E-state index in [1.807, 2.05) is 0 Å². The molecule has 0 bridgehead atoms. The number of carbonyl (C=O) groups is 1. The Morgan fingerprint density at radius 3 is 2.66 bits per heavy atom. The van der Waals surface area contributed by atoms with Gasteiger partial charge in [0.15, 0.2) is 0 Å². The van der Waals surface area contributed by atoms with E-state index >= 15 is 0 Å². The number of ether oxygens (including phenoxy) is 1. The van der Waals surface area contributed by atoms with E-state index in [1.54, 1.807) is 30.2 Å². The van der Waals surface area contributed by atoms with Crippen LogP contribution in [-0.4, -0.2) is 32.8 Å². The summed E-state index contributed by atoms with van der Waals surface area (Å²) in [7, 11) is 3.19. The first-order valence-corrected chi connectivity index (χ1v) is 10.3. The quantitative estimate of drug-likeness (QED) is 0.314. The highest BCUT2D eigenvalue weighted by Crippen LogP contribution is 2.33. The van der Waals surface area contributed by atoms with Gasteiger partial charge in [-0.2, -0.15) is 10.1 Å². The number of carbonyl (C=O) groups excluding carboxylic acids is 1. The molecule has 0 saturated carbocycles. The fourth-order valence-electron chi connectivity index (χ4n) is 3.22.